The first-order valence-corrected chi connectivity index (χ1v) is 9.13. The summed E-state index contributed by atoms with van der Waals surface area (Å²) in [5.41, 5.74) is 9.96. The minimum Gasteiger partial charge on any atom is -0.370 e. The maximum atomic E-state index is 6.05. The average Bonchev–Trinajstić information content (AvgIpc) is 3.08. The summed E-state index contributed by atoms with van der Waals surface area (Å²) in [7, 11) is 0. The van der Waals surface area contributed by atoms with Crippen LogP contribution in [0.1, 0.15) is 61.9 Å². The van der Waals surface area contributed by atoms with E-state index in [0.717, 1.165) is 37.2 Å². The number of fused-ring (bicyclic) bond motifs is 1. The van der Waals surface area contributed by atoms with Crippen molar-refractivity contribution in [1.82, 2.24) is 10.1 Å². The van der Waals surface area contributed by atoms with Crippen molar-refractivity contribution in [2.24, 2.45) is 10.7 Å². The minimum atomic E-state index is 0. The number of aliphatic imine (C=N–C) groups is 1. The van der Waals surface area contributed by atoms with Gasteiger partial charge < -0.3 is 15.6 Å². The fourth-order valence-electron chi connectivity index (χ4n) is 3.11. The highest BCUT2D eigenvalue weighted by Crippen LogP contribution is 2.27. The molecule has 3 rings (SSSR count). The van der Waals surface area contributed by atoms with Crippen LogP contribution in [0.5, 0.6) is 0 Å². The van der Waals surface area contributed by atoms with E-state index in [-0.39, 0.29) is 29.9 Å². The highest BCUT2D eigenvalue weighted by atomic mass is 127. The Hall–Kier alpha value is -1.64. The minimum absolute atomic E-state index is 0. The third-order valence-corrected chi connectivity index (χ3v) is 4.49. The molecule has 0 bridgehead atoms. The Labute approximate surface area is 172 Å². The smallest absolute Gasteiger partial charge is 0.226 e. The molecule has 7 heteroatoms. The van der Waals surface area contributed by atoms with Crippen molar-refractivity contribution in [2.45, 2.75) is 58.3 Å². The van der Waals surface area contributed by atoms with Crippen LogP contribution in [0.3, 0.4) is 0 Å². The van der Waals surface area contributed by atoms with Crippen molar-refractivity contribution < 1.29 is 4.52 Å². The number of nitrogens with zero attached hydrogens (tertiary/aromatic N) is 3. The van der Waals surface area contributed by atoms with Crippen molar-refractivity contribution in [1.29, 1.82) is 0 Å². The summed E-state index contributed by atoms with van der Waals surface area (Å²) in [6.07, 6.45) is 6.33. The second-order valence-corrected chi connectivity index (χ2v) is 6.85. The number of rotatable bonds is 6. The Morgan fingerprint density at radius 1 is 1.31 bits per heavy atom. The molecule has 1 aliphatic carbocycles. The second-order valence-electron chi connectivity index (χ2n) is 6.85. The fourth-order valence-corrected chi connectivity index (χ4v) is 3.11. The first-order valence-electron chi connectivity index (χ1n) is 9.13. The van der Waals surface area contributed by atoms with Gasteiger partial charge in [-0.2, -0.15) is 4.98 Å². The molecule has 6 nitrogen and oxygen atoms in total. The molecule has 0 aliphatic heterocycles. The highest BCUT2D eigenvalue weighted by Gasteiger charge is 2.13. The summed E-state index contributed by atoms with van der Waals surface area (Å²) in [6, 6.07) is 6.38. The molecule has 1 aromatic carbocycles. The van der Waals surface area contributed by atoms with Crippen LogP contribution >= 0.6 is 24.0 Å². The lowest BCUT2D eigenvalue weighted by molar-refractivity contribution is 0.369. The zero-order valence-corrected chi connectivity index (χ0v) is 17.8. The van der Waals surface area contributed by atoms with Crippen LogP contribution in [0, 0.1) is 0 Å². The van der Waals surface area contributed by atoms with Crippen LogP contribution in [0.15, 0.2) is 27.7 Å². The molecule has 0 saturated heterocycles. The third-order valence-electron chi connectivity index (χ3n) is 4.49. The van der Waals surface area contributed by atoms with Gasteiger partial charge in [0.2, 0.25) is 5.89 Å². The lowest BCUT2D eigenvalue weighted by Crippen LogP contribution is -2.24. The number of nitrogens with one attached hydrogen (secondary N) is 1. The quantitative estimate of drug-likeness (QED) is 0.289. The van der Waals surface area contributed by atoms with Crippen molar-refractivity contribution in [2.75, 3.05) is 11.9 Å². The van der Waals surface area contributed by atoms with Gasteiger partial charge in [-0.25, -0.2) is 0 Å². The Balaban J connectivity index is 0.00000243. The Bertz CT molecular complexity index is 741. The molecule has 1 aromatic heterocycles. The summed E-state index contributed by atoms with van der Waals surface area (Å²) in [5, 5.41) is 7.23. The number of aromatic nitrogens is 2. The molecule has 0 fully saturated rings. The molecule has 0 unspecified atom stereocenters. The largest absolute Gasteiger partial charge is 0.370 e. The van der Waals surface area contributed by atoms with Gasteiger partial charge in [0.1, 0.15) is 0 Å². The second kappa shape index (κ2) is 9.89. The van der Waals surface area contributed by atoms with E-state index in [1.165, 1.54) is 24.0 Å². The summed E-state index contributed by atoms with van der Waals surface area (Å²) in [6.45, 7) is 4.73. The van der Waals surface area contributed by atoms with E-state index in [2.05, 4.69) is 38.6 Å². The molecule has 0 atom stereocenters. The zero-order valence-electron chi connectivity index (χ0n) is 15.5. The monoisotopic (exact) mass is 469 g/mol. The van der Waals surface area contributed by atoms with Gasteiger partial charge >= 0.3 is 0 Å². The van der Waals surface area contributed by atoms with Crippen molar-refractivity contribution in [3.8, 4) is 0 Å². The highest BCUT2D eigenvalue weighted by molar-refractivity contribution is 14.0. The summed E-state index contributed by atoms with van der Waals surface area (Å²) < 4.78 is 5.23. The van der Waals surface area contributed by atoms with Crippen LogP contribution in [0.25, 0.3) is 0 Å². The van der Waals surface area contributed by atoms with Gasteiger partial charge in [-0.15, -0.1) is 24.0 Å². The van der Waals surface area contributed by atoms with Crippen LogP contribution in [0.2, 0.25) is 0 Å². The van der Waals surface area contributed by atoms with Gasteiger partial charge in [-0.3, -0.25) is 4.99 Å². The summed E-state index contributed by atoms with van der Waals surface area (Å²) in [4.78, 5) is 8.79. The topological polar surface area (TPSA) is 89.3 Å². The number of aryl methyl sites for hydroxylation is 2. The molecule has 142 valence electrons. The lowest BCUT2D eigenvalue weighted by atomic mass is 9.90. The molecule has 3 N–H and O–H groups in total. The molecule has 0 amide bonds. The fraction of sp³-hybridized carbons (Fsp3) is 0.526. The number of guanidine groups is 1. The van der Waals surface area contributed by atoms with Crippen molar-refractivity contribution in [3.63, 3.8) is 0 Å². The molecular formula is C19H28IN5O. The standard InChI is InChI=1S/C19H27N5O.HI/c1-13(2)18-23-17(25-24-18)11-6-12-21-19(20)22-16-10-5-8-14-7-3-4-9-15(14)16;/h5,8,10,13H,3-4,6-7,9,11-12H2,1-2H3,(H3,20,21,22);1H. The molecule has 0 radical (unpaired) electrons. The predicted octanol–water partition coefficient (Wildman–Crippen LogP) is 4.05. The lowest BCUT2D eigenvalue weighted by Gasteiger charge is -2.19. The first kappa shape index (κ1) is 20.7. The number of hydrogen-bond donors (Lipinski definition) is 2. The maximum absolute atomic E-state index is 6.05. The number of halogens is 1. The van der Waals surface area contributed by atoms with Crippen molar-refractivity contribution >= 4 is 35.6 Å². The average molecular weight is 469 g/mol. The summed E-state index contributed by atoms with van der Waals surface area (Å²) in [5.74, 6) is 2.18. The van der Waals surface area contributed by atoms with Gasteiger partial charge in [0.05, 0.1) is 0 Å². The molecule has 1 aliphatic rings. The van der Waals surface area contributed by atoms with Gasteiger partial charge in [-0.05, 0) is 49.3 Å². The molecule has 0 spiro atoms. The number of benzene rings is 1. The van der Waals surface area contributed by atoms with E-state index in [4.69, 9.17) is 10.3 Å². The van der Waals surface area contributed by atoms with Gasteiger partial charge in [-0.1, -0.05) is 31.1 Å². The Kier molecular flexibility index (Phi) is 7.86. The van der Waals surface area contributed by atoms with Crippen molar-refractivity contribution in [3.05, 3.63) is 41.0 Å². The van der Waals surface area contributed by atoms with Gasteiger partial charge in [0, 0.05) is 24.6 Å². The van der Waals surface area contributed by atoms with E-state index in [9.17, 15) is 0 Å². The molecular weight excluding hydrogens is 441 g/mol. The SMILES string of the molecule is CC(C)c1noc(CCCN=C(N)Nc2cccc3c2CCCC3)n1.I. The van der Waals surface area contributed by atoms with Crippen LogP contribution < -0.4 is 11.1 Å². The summed E-state index contributed by atoms with van der Waals surface area (Å²) >= 11 is 0. The first-order chi connectivity index (χ1) is 12.1. The van der Waals surface area contributed by atoms with E-state index in [1.807, 2.05) is 13.8 Å². The van der Waals surface area contributed by atoms with Crippen LogP contribution in [0.4, 0.5) is 5.69 Å². The normalized spacial score (nSPS) is 14.0. The van der Waals surface area contributed by atoms with Crippen LogP contribution in [-0.2, 0) is 19.3 Å². The van der Waals surface area contributed by atoms with E-state index < -0.39 is 0 Å². The van der Waals surface area contributed by atoms with E-state index in [0.29, 0.717) is 18.4 Å². The van der Waals surface area contributed by atoms with E-state index >= 15 is 0 Å². The predicted molar refractivity (Wildman–Crippen MR) is 115 cm³/mol. The Morgan fingerprint density at radius 2 is 2.12 bits per heavy atom. The molecule has 1 heterocycles. The maximum Gasteiger partial charge on any atom is 0.226 e. The molecule has 2 aromatic rings. The number of anilines is 1. The van der Waals surface area contributed by atoms with Crippen LogP contribution in [-0.4, -0.2) is 22.6 Å². The zero-order chi connectivity index (χ0) is 17.6. The number of hydrogen-bond acceptors (Lipinski definition) is 4. The number of nitrogens with two attached hydrogens (primary N) is 1. The van der Waals surface area contributed by atoms with E-state index in [1.54, 1.807) is 0 Å². The molecule has 26 heavy (non-hydrogen) atoms. The molecule has 0 saturated carbocycles. The Morgan fingerprint density at radius 3 is 2.88 bits per heavy atom. The van der Waals surface area contributed by atoms with Gasteiger partial charge in [0.25, 0.3) is 0 Å². The van der Waals surface area contributed by atoms with Gasteiger partial charge in [0.15, 0.2) is 11.8 Å². The third kappa shape index (κ3) is 5.43.